The van der Waals surface area contributed by atoms with Crippen molar-refractivity contribution in [2.45, 2.75) is 26.2 Å². The number of ketones is 1. The molecule has 0 amide bonds. The molecular formula is C14H14O5. The molecule has 0 bridgehead atoms. The minimum absolute atomic E-state index is 0.0691. The minimum Gasteiger partial charge on any atom is -0.475 e. The number of carboxylic acid groups (broad SMARTS) is 1. The Hall–Kier alpha value is -2.30. The normalized spacial score (nSPS) is 10.6. The van der Waals surface area contributed by atoms with Crippen LogP contribution in [0.1, 0.15) is 46.0 Å². The molecule has 5 heteroatoms. The van der Waals surface area contributed by atoms with Crippen molar-refractivity contribution >= 4 is 11.8 Å². The molecule has 1 N–H and O–H groups in total. The van der Waals surface area contributed by atoms with Crippen molar-refractivity contribution in [3.8, 4) is 0 Å². The molecule has 0 aliphatic heterocycles. The van der Waals surface area contributed by atoms with Gasteiger partial charge in [0.15, 0.2) is 11.5 Å². The summed E-state index contributed by atoms with van der Waals surface area (Å²) in [5.74, 6) is 0.0535. The quantitative estimate of drug-likeness (QED) is 0.809. The van der Waals surface area contributed by atoms with Crippen LogP contribution in [0.25, 0.3) is 0 Å². The third-order valence-electron chi connectivity index (χ3n) is 2.76. The van der Waals surface area contributed by atoms with E-state index < -0.39 is 5.97 Å². The van der Waals surface area contributed by atoms with Crippen LogP contribution in [0, 0.1) is 0 Å². The third kappa shape index (κ3) is 3.13. The van der Waals surface area contributed by atoms with E-state index in [1.54, 1.807) is 0 Å². The zero-order valence-corrected chi connectivity index (χ0v) is 10.5. The number of carboxylic acids is 1. The molecule has 0 aliphatic carbocycles. The maximum atomic E-state index is 11.8. The predicted molar refractivity (Wildman–Crippen MR) is 66.4 cm³/mol. The van der Waals surface area contributed by atoms with Crippen molar-refractivity contribution in [2.24, 2.45) is 0 Å². The van der Waals surface area contributed by atoms with Gasteiger partial charge < -0.3 is 13.9 Å². The second-order valence-electron chi connectivity index (χ2n) is 4.11. The van der Waals surface area contributed by atoms with E-state index in [1.807, 2.05) is 19.1 Å². The molecule has 0 spiro atoms. The monoisotopic (exact) mass is 262 g/mol. The van der Waals surface area contributed by atoms with E-state index in [2.05, 4.69) is 0 Å². The smallest absolute Gasteiger partial charge is 0.371 e. The fraction of sp³-hybridized carbons (Fsp3) is 0.286. The molecule has 0 unspecified atom stereocenters. The van der Waals surface area contributed by atoms with Gasteiger partial charge in [-0.05, 0) is 24.3 Å². The molecule has 0 saturated heterocycles. The predicted octanol–water partition coefficient (Wildman–Crippen LogP) is 2.95. The molecule has 0 fully saturated rings. The first-order valence-electron chi connectivity index (χ1n) is 6.04. The maximum Gasteiger partial charge on any atom is 0.371 e. The number of hydrogen-bond acceptors (Lipinski definition) is 4. The van der Waals surface area contributed by atoms with Gasteiger partial charge in [-0.2, -0.15) is 0 Å². The summed E-state index contributed by atoms with van der Waals surface area (Å²) in [4.78, 5) is 22.4. The van der Waals surface area contributed by atoms with Crippen LogP contribution >= 0.6 is 0 Å². The van der Waals surface area contributed by atoms with Crippen LogP contribution in [-0.2, 0) is 12.8 Å². The van der Waals surface area contributed by atoms with Gasteiger partial charge in [-0.15, -0.1) is 0 Å². The number of carbonyl (C=O) groups excluding carboxylic acids is 1. The van der Waals surface area contributed by atoms with Gasteiger partial charge in [-0.25, -0.2) is 4.79 Å². The zero-order chi connectivity index (χ0) is 13.8. The number of aryl methyl sites for hydroxylation is 2. The maximum absolute atomic E-state index is 11.8. The molecule has 0 radical (unpaired) electrons. The Labute approximate surface area is 109 Å². The van der Waals surface area contributed by atoms with Crippen molar-refractivity contribution in [3.63, 3.8) is 0 Å². The second-order valence-corrected chi connectivity index (χ2v) is 4.11. The highest BCUT2D eigenvalue weighted by Crippen LogP contribution is 2.14. The Bertz CT molecular complexity index is 591. The van der Waals surface area contributed by atoms with Crippen LogP contribution in [-0.4, -0.2) is 16.9 Å². The SMILES string of the molecule is CCc1ccc(CCC(=O)c2ccc(C(=O)O)o2)o1. The lowest BCUT2D eigenvalue weighted by molar-refractivity contribution is 0.0660. The van der Waals surface area contributed by atoms with Crippen LogP contribution < -0.4 is 0 Å². The molecule has 2 aromatic heterocycles. The standard InChI is InChI=1S/C14H14O5/c1-2-9-3-4-10(18-9)5-6-11(15)12-7-8-13(19-12)14(16)17/h3-4,7-8H,2,5-6H2,1H3,(H,16,17). The number of aromatic carboxylic acids is 1. The summed E-state index contributed by atoms with van der Waals surface area (Å²) in [5.41, 5.74) is 0. The lowest BCUT2D eigenvalue weighted by atomic mass is 10.1. The molecule has 2 rings (SSSR count). The first kappa shape index (κ1) is 13.1. The van der Waals surface area contributed by atoms with Crippen molar-refractivity contribution < 1.29 is 23.5 Å². The average molecular weight is 262 g/mol. The lowest BCUT2D eigenvalue weighted by Crippen LogP contribution is -1.99. The van der Waals surface area contributed by atoms with Crippen molar-refractivity contribution in [1.82, 2.24) is 0 Å². The number of carbonyl (C=O) groups is 2. The van der Waals surface area contributed by atoms with E-state index in [9.17, 15) is 9.59 Å². The van der Waals surface area contributed by atoms with Gasteiger partial charge >= 0.3 is 5.97 Å². The van der Waals surface area contributed by atoms with Crippen molar-refractivity contribution in [1.29, 1.82) is 0 Å². The van der Waals surface area contributed by atoms with Gasteiger partial charge in [0.05, 0.1) is 0 Å². The van der Waals surface area contributed by atoms with Crippen LogP contribution in [0.4, 0.5) is 0 Å². The largest absolute Gasteiger partial charge is 0.475 e. The topological polar surface area (TPSA) is 80.7 Å². The molecule has 2 aromatic rings. The lowest BCUT2D eigenvalue weighted by Gasteiger charge is -1.96. The average Bonchev–Trinajstić information content (AvgIpc) is 3.04. The summed E-state index contributed by atoms with van der Waals surface area (Å²) in [7, 11) is 0. The van der Waals surface area contributed by atoms with E-state index in [-0.39, 0.29) is 23.7 Å². The fourth-order valence-corrected chi connectivity index (χ4v) is 1.71. The number of rotatable bonds is 6. The van der Waals surface area contributed by atoms with Crippen LogP contribution in [0.15, 0.2) is 33.1 Å². The van der Waals surface area contributed by atoms with E-state index in [0.717, 1.165) is 17.9 Å². The number of Topliss-reactive ketones (excluding diaryl/α,β-unsaturated/α-hetero) is 1. The van der Waals surface area contributed by atoms with Crippen LogP contribution in [0.2, 0.25) is 0 Å². The second kappa shape index (κ2) is 5.56. The van der Waals surface area contributed by atoms with Gasteiger partial charge in [0.2, 0.25) is 5.76 Å². The van der Waals surface area contributed by atoms with Gasteiger partial charge in [0.1, 0.15) is 11.5 Å². The highest BCUT2D eigenvalue weighted by Gasteiger charge is 2.15. The molecule has 0 aromatic carbocycles. The van der Waals surface area contributed by atoms with Gasteiger partial charge in [0, 0.05) is 19.3 Å². The Morgan fingerprint density at radius 1 is 1.05 bits per heavy atom. The Morgan fingerprint density at radius 3 is 2.32 bits per heavy atom. The first-order chi connectivity index (χ1) is 9.10. The Kier molecular flexibility index (Phi) is 3.85. The molecule has 19 heavy (non-hydrogen) atoms. The Morgan fingerprint density at radius 2 is 1.74 bits per heavy atom. The van der Waals surface area contributed by atoms with E-state index in [4.69, 9.17) is 13.9 Å². The van der Waals surface area contributed by atoms with Crippen molar-refractivity contribution in [3.05, 3.63) is 47.3 Å². The van der Waals surface area contributed by atoms with Crippen LogP contribution in [0.5, 0.6) is 0 Å². The molecule has 0 aliphatic rings. The summed E-state index contributed by atoms with van der Waals surface area (Å²) in [6.07, 6.45) is 1.51. The summed E-state index contributed by atoms with van der Waals surface area (Å²) < 4.78 is 10.4. The zero-order valence-electron chi connectivity index (χ0n) is 10.5. The van der Waals surface area contributed by atoms with E-state index in [1.165, 1.54) is 12.1 Å². The van der Waals surface area contributed by atoms with E-state index in [0.29, 0.717) is 6.42 Å². The third-order valence-corrected chi connectivity index (χ3v) is 2.76. The van der Waals surface area contributed by atoms with Gasteiger partial charge in [-0.1, -0.05) is 6.92 Å². The Balaban J connectivity index is 1.95. The summed E-state index contributed by atoms with van der Waals surface area (Å²) in [6.45, 7) is 1.99. The highest BCUT2D eigenvalue weighted by molar-refractivity contribution is 5.95. The number of furan rings is 2. The first-order valence-corrected chi connectivity index (χ1v) is 6.04. The minimum atomic E-state index is -1.18. The summed E-state index contributed by atoms with van der Waals surface area (Å²) in [5, 5.41) is 8.70. The highest BCUT2D eigenvalue weighted by atomic mass is 16.4. The summed E-state index contributed by atoms with van der Waals surface area (Å²) >= 11 is 0. The number of hydrogen-bond donors (Lipinski definition) is 1. The van der Waals surface area contributed by atoms with Crippen LogP contribution in [0.3, 0.4) is 0 Å². The molecule has 0 atom stereocenters. The van der Waals surface area contributed by atoms with E-state index >= 15 is 0 Å². The molecular weight excluding hydrogens is 248 g/mol. The molecule has 5 nitrogen and oxygen atoms in total. The molecule has 100 valence electrons. The van der Waals surface area contributed by atoms with Gasteiger partial charge in [-0.3, -0.25) is 4.79 Å². The summed E-state index contributed by atoms with van der Waals surface area (Å²) in [6, 6.07) is 6.38. The fourth-order valence-electron chi connectivity index (χ4n) is 1.71. The van der Waals surface area contributed by atoms with Gasteiger partial charge in [0.25, 0.3) is 0 Å². The molecule has 0 saturated carbocycles. The molecule has 2 heterocycles. The van der Waals surface area contributed by atoms with Crippen molar-refractivity contribution in [2.75, 3.05) is 0 Å².